The third-order valence-electron chi connectivity index (χ3n) is 2.62. The molecule has 3 nitrogen and oxygen atoms in total. The normalized spacial score (nSPS) is 12.3. The van der Waals surface area contributed by atoms with E-state index in [1.807, 2.05) is 17.5 Å². The molecule has 6 heteroatoms. The van der Waals surface area contributed by atoms with Gasteiger partial charge in [0.1, 0.15) is 6.04 Å². The Bertz CT molecular complexity index is 572. The van der Waals surface area contributed by atoms with Crippen LogP contribution in [0.4, 0.5) is 0 Å². The number of hydrogen-bond acceptors (Lipinski definition) is 3. The van der Waals surface area contributed by atoms with Gasteiger partial charge in [-0.1, -0.05) is 35.3 Å². The average Bonchev–Trinajstić information content (AvgIpc) is 2.84. The van der Waals surface area contributed by atoms with E-state index in [1.54, 1.807) is 29.5 Å². The lowest BCUT2D eigenvalue weighted by molar-refractivity contribution is -0.120. The predicted octanol–water partition coefficient (Wildman–Crippen LogP) is 3.37. The molecule has 2 rings (SSSR count). The summed E-state index contributed by atoms with van der Waals surface area (Å²) in [4.78, 5) is 12.7. The number of thiophene rings is 1. The first kappa shape index (κ1) is 14.3. The smallest absolute Gasteiger partial charge is 0.239 e. The number of benzene rings is 1. The van der Waals surface area contributed by atoms with Crippen molar-refractivity contribution in [2.75, 3.05) is 0 Å². The van der Waals surface area contributed by atoms with Gasteiger partial charge in [0, 0.05) is 21.5 Å². The van der Waals surface area contributed by atoms with Gasteiger partial charge in [-0.25, -0.2) is 0 Å². The van der Waals surface area contributed by atoms with E-state index >= 15 is 0 Å². The Kier molecular flexibility index (Phi) is 4.82. The highest BCUT2D eigenvalue weighted by Crippen LogP contribution is 2.26. The minimum Gasteiger partial charge on any atom is -0.368 e. The van der Waals surface area contributed by atoms with Crippen LogP contribution in [0.1, 0.15) is 16.5 Å². The van der Waals surface area contributed by atoms with E-state index in [0.717, 1.165) is 4.88 Å². The number of nitrogens with one attached hydrogen (secondary N) is 1. The quantitative estimate of drug-likeness (QED) is 0.889. The molecule has 1 amide bonds. The SMILES string of the molecule is NC(=O)C(NCc1cccs1)c1ccc(Cl)cc1Cl. The minimum absolute atomic E-state index is 0.426. The maximum Gasteiger partial charge on any atom is 0.239 e. The lowest BCUT2D eigenvalue weighted by atomic mass is 10.1. The summed E-state index contributed by atoms with van der Waals surface area (Å²) >= 11 is 13.5. The molecule has 0 aliphatic carbocycles. The van der Waals surface area contributed by atoms with Gasteiger partial charge in [-0.3, -0.25) is 10.1 Å². The molecule has 0 bridgehead atoms. The summed E-state index contributed by atoms with van der Waals surface area (Å²) in [5, 5.41) is 6.03. The fourth-order valence-electron chi connectivity index (χ4n) is 1.72. The van der Waals surface area contributed by atoms with Crippen LogP contribution in [0, 0.1) is 0 Å². The number of nitrogens with two attached hydrogens (primary N) is 1. The van der Waals surface area contributed by atoms with Crippen molar-refractivity contribution in [2.24, 2.45) is 5.73 Å². The number of rotatable bonds is 5. The third kappa shape index (κ3) is 3.70. The molecular weight excluding hydrogens is 303 g/mol. The summed E-state index contributed by atoms with van der Waals surface area (Å²) in [7, 11) is 0. The van der Waals surface area contributed by atoms with Crippen molar-refractivity contribution < 1.29 is 4.79 Å². The Labute approximate surface area is 125 Å². The van der Waals surface area contributed by atoms with Crippen LogP contribution < -0.4 is 11.1 Å². The molecule has 0 aliphatic heterocycles. The summed E-state index contributed by atoms with van der Waals surface area (Å²) in [6.45, 7) is 0.560. The number of halogens is 2. The topological polar surface area (TPSA) is 55.1 Å². The summed E-state index contributed by atoms with van der Waals surface area (Å²) in [6.07, 6.45) is 0. The number of carbonyl (C=O) groups excluding carboxylic acids is 1. The summed E-state index contributed by atoms with van der Waals surface area (Å²) in [6, 6.07) is 8.30. The van der Waals surface area contributed by atoms with E-state index in [0.29, 0.717) is 22.2 Å². The number of hydrogen-bond donors (Lipinski definition) is 2. The molecule has 100 valence electrons. The fourth-order valence-corrected chi connectivity index (χ4v) is 2.89. The van der Waals surface area contributed by atoms with Crippen molar-refractivity contribution in [3.63, 3.8) is 0 Å². The van der Waals surface area contributed by atoms with Gasteiger partial charge >= 0.3 is 0 Å². The summed E-state index contributed by atoms with van der Waals surface area (Å²) < 4.78 is 0. The van der Waals surface area contributed by atoms with E-state index in [4.69, 9.17) is 28.9 Å². The number of amides is 1. The Morgan fingerprint density at radius 3 is 2.74 bits per heavy atom. The molecular formula is C13H12Cl2N2OS. The summed E-state index contributed by atoms with van der Waals surface area (Å²) in [5.41, 5.74) is 6.06. The Morgan fingerprint density at radius 1 is 1.37 bits per heavy atom. The molecule has 3 N–H and O–H groups in total. The molecule has 0 saturated heterocycles. The van der Waals surface area contributed by atoms with Gasteiger partial charge in [0.15, 0.2) is 0 Å². The maximum absolute atomic E-state index is 11.6. The van der Waals surface area contributed by atoms with E-state index in [9.17, 15) is 4.79 Å². The van der Waals surface area contributed by atoms with E-state index in [-0.39, 0.29) is 0 Å². The molecule has 1 atom stereocenters. The lowest BCUT2D eigenvalue weighted by Gasteiger charge is -2.16. The van der Waals surface area contributed by atoms with Crippen LogP contribution in [-0.2, 0) is 11.3 Å². The highest BCUT2D eigenvalue weighted by atomic mass is 35.5. The van der Waals surface area contributed by atoms with Crippen LogP contribution in [0.5, 0.6) is 0 Å². The standard InChI is InChI=1S/C13H12Cl2N2OS/c14-8-3-4-10(11(15)6-8)12(13(16)18)17-7-9-2-1-5-19-9/h1-6,12,17H,7H2,(H2,16,18). The van der Waals surface area contributed by atoms with Crippen molar-refractivity contribution in [1.29, 1.82) is 0 Å². The molecule has 1 aromatic carbocycles. The van der Waals surface area contributed by atoms with Crippen LogP contribution in [0.3, 0.4) is 0 Å². The second-order valence-corrected chi connectivity index (χ2v) is 5.84. The van der Waals surface area contributed by atoms with Gasteiger partial charge in [0.2, 0.25) is 5.91 Å². The van der Waals surface area contributed by atoms with Crippen molar-refractivity contribution >= 4 is 40.4 Å². The minimum atomic E-state index is -0.633. The third-order valence-corrected chi connectivity index (χ3v) is 4.06. The van der Waals surface area contributed by atoms with Crippen LogP contribution in [0.2, 0.25) is 10.0 Å². The predicted molar refractivity (Wildman–Crippen MR) is 79.6 cm³/mol. The van der Waals surface area contributed by atoms with Gasteiger partial charge in [-0.2, -0.15) is 0 Å². The van der Waals surface area contributed by atoms with Gasteiger partial charge in [-0.05, 0) is 29.1 Å². The summed E-state index contributed by atoms with van der Waals surface area (Å²) in [5.74, 6) is -0.472. The van der Waals surface area contributed by atoms with Gasteiger partial charge in [0.05, 0.1) is 0 Å². The van der Waals surface area contributed by atoms with Crippen LogP contribution in [-0.4, -0.2) is 5.91 Å². The Morgan fingerprint density at radius 2 is 2.16 bits per heavy atom. The zero-order valence-corrected chi connectivity index (χ0v) is 12.2. The first-order valence-corrected chi connectivity index (χ1v) is 7.21. The fraction of sp³-hybridized carbons (Fsp3) is 0.154. The molecule has 0 radical (unpaired) electrons. The molecule has 0 fully saturated rings. The molecule has 0 aliphatic rings. The Balaban J connectivity index is 2.17. The zero-order chi connectivity index (χ0) is 13.8. The maximum atomic E-state index is 11.6. The van der Waals surface area contributed by atoms with Crippen LogP contribution in [0.15, 0.2) is 35.7 Å². The van der Waals surface area contributed by atoms with Crippen molar-refractivity contribution in [2.45, 2.75) is 12.6 Å². The van der Waals surface area contributed by atoms with Crippen molar-refractivity contribution in [1.82, 2.24) is 5.32 Å². The van der Waals surface area contributed by atoms with Gasteiger partial charge < -0.3 is 5.73 Å². The molecule has 1 heterocycles. The van der Waals surface area contributed by atoms with Crippen LogP contribution >= 0.6 is 34.5 Å². The molecule has 0 saturated carbocycles. The zero-order valence-electron chi connectivity index (χ0n) is 9.90. The molecule has 0 spiro atoms. The van der Waals surface area contributed by atoms with Gasteiger partial charge in [0.25, 0.3) is 0 Å². The largest absolute Gasteiger partial charge is 0.368 e. The number of primary amides is 1. The highest BCUT2D eigenvalue weighted by molar-refractivity contribution is 7.09. The molecule has 1 aromatic heterocycles. The molecule has 1 unspecified atom stereocenters. The Hall–Kier alpha value is -1.07. The first-order valence-electron chi connectivity index (χ1n) is 5.58. The van der Waals surface area contributed by atoms with Gasteiger partial charge in [-0.15, -0.1) is 11.3 Å². The van der Waals surface area contributed by atoms with Crippen molar-refractivity contribution in [3.05, 3.63) is 56.2 Å². The second kappa shape index (κ2) is 6.39. The second-order valence-electron chi connectivity index (χ2n) is 3.96. The van der Waals surface area contributed by atoms with E-state index in [2.05, 4.69) is 5.32 Å². The van der Waals surface area contributed by atoms with E-state index < -0.39 is 11.9 Å². The number of carbonyl (C=O) groups is 1. The monoisotopic (exact) mass is 314 g/mol. The van der Waals surface area contributed by atoms with E-state index in [1.165, 1.54) is 0 Å². The highest BCUT2D eigenvalue weighted by Gasteiger charge is 2.20. The average molecular weight is 315 g/mol. The lowest BCUT2D eigenvalue weighted by Crippen LogP contribution is -2.33. The molecule has 19 heavy (non-hydrogen) atoms. The first-order chi connectivity index (χ1) is 9.08. The van der Waals surface area contributed by atoms with Crippen molar-refractivity contribution in [3.8, 4) is 0 Å². The molecule has 2 aromatic rings. The van der Waals surface area contributed by atoms with Crippen LogP contribution in [0.25, 0.3) is 0 Å².